The molecule has 5 heteroatoms. The maximum atomic E-state index is 9.39. The van der Waals surface area contributed by atoms with Crippen LogP contribution in [0.5, 0.6) is 0 Å². The maximum absolute atomic E-state index is 9.39. The molecule has 0 aromatic heterocycles. The molecule has 1 rings (SSSR count). The summed E-state index contributed by atoms with van der Waals surface area (Å²) >= 11 is 0. The highest BCUT2D eigenvalue weighted by atomic mass is 16.7. The molecule has 4 atom stereocenters. The Balaban J connectivity index is 2.40. The van der Waals surface area contributed by atoms with E-state index in [1.165, 1.54) is 7.11 Å². The van der Waals surface area contributed by atoms with Crippen LogP contribution in [0.4, 0.5) is 0 Å². The fourth-order valence-electron chi connectivity index (χ4n) is 1.16. The molecule has 1 fully saturated rings. The molecule has 0 saturated carbocycles. The van der Waals surface area contributed by atoms with Crippen LogP contribution in [0.25, 0.3) is 0 Å². The highest BCUT2D eigenvalue weighted by Gasteiger charge is 2.42. The van der Waals surface area contributed by atoms with Crippen molar-refractivity contribution in [2.24, 2.45) is 0 Å². The number of hydrogen-bond acceptors (Lipinski definition) is 5. The zero-order chi connectivity index (χ0) is 9.84. The fraction of sp³-hybridized carbons (Fsp3) is 1.00. The molecule has 1 aliphatic rings. The summed E-state index contributed by atoms with van der Waals surface area (Å²) in [4.78, 5) is 0. The second-order valence-corrected chi connectivity index (χ2v) is 2.63. The van der Waals surface area contributed by atoms with E-state index in [2.05, 4.69) is 0 Å². The molecule has 1 aliphatic heterocycles. The third-order valence-electron chi connectivity index (χ3n) is 1.83. The van der Waals surface area contributed by atoms with E-state index in [4.69, 9.17) is 15.6 Å². The molecule has 2 N–H and O–H groups in total. The first-order chi connectivity index (χ1) is 6.20. The van der Waals surface area contributed by atoms with Gasteiger partial charge in [0.1, 0.15) is 18.3 Å². The second-order valence-electron chi connectivity index (χ2n) is 2.63. The van der Waals surface area contributed by atoms with Gasteiger partial charge in [-0.05, 0) is 0 Å². The Morgan fingerprint density at radius 3 is 2.75 bits per heavy atom. The molecule has 72 valence electrons. The average Bonchev–Trinajstić information content (AvgIpc) is 2.41. The molecule has 5 nitrogen and oxygen atoms in total. The van der Waals surface area contributed by atoms with Gasteiger partial charge in [0.25, 0.3) is 0 Å². The van der Waals surface area contributed by atoms with E-state index in [0.717, 1.165) is 0 Å². The summed E-state index contributed by atoms with van der Waals surface area (Å²) in [6, 6.07) is 0. The number of hydrogen-bond donors (Lipinski definition) is 2. The maximum Gasteiger partial charge on any atom is 0.186 e. The molecule has 0 radical (unpaired) electrons. The predicted molar refractivity (Wildman–Crippen MR) is 39.6 cm³/mol. The topological polar surface area (TPSA) is 68.2 Å². The smallest absolute Gasteiger partial charge is 0.186 e. The van der Waals surface area contributed by atoms with Crippen molar-refractivity contribution in [2.45, 2.75) is 24.6 Å². The molecule has 0 aromatic carbocycles. The standard InChI is InChI=1S/C7H14O5/c1-10-3-4-5(8)6(9)7(11-2)12-4/h4-9H,3H2,1-2H3/t4-,5-,6-,7?/m1/s1/i1D. The van der Waals surface area contributed by atoms with Crippen molar-refractivity contribution in [3.63, 3.8) is 0 Å². The Kier molecular flexibility index (Phi) is 2.91. The van der Waals surface area contributed by atoms with Gasteiger partial charge in [-0.25, -0.2) is 0 Å². The van der Waals surface area contributed by atoms with Crippen LogP contribution in [-0.2, 0) is 14.2 Å². The van der Waals surface area contributed by atoms with Crippen LogP contribution in [0.15, 0.2) is 0 Å². The summed E-state index contributed by atoms with van der Waals surface area (Å²) in [6.45, 7) is 0.0849. The van der Waals surface area contributed by atoms with Gasteiger partial charge < -0.3 is 24.4 Å². The van der Waals surface area contributed by atoms with Crippen molar-refractivity contribution < 1.29 is 25.8 Å². The van der Waals surface area contributed by atoms with Crippen LogP contribution < -0.4 is 0 Å². The monoisotopic (exact) mass is 179 g/mol. The van der Waals surface area contributed by atoms with E-state index in [1.54, 1.807) is 0 Å². The van der Waals surface area contributed by atoms with Gasteiger partial charge in [0, 0.05) is 14.2 Å². The largest absolute Gasteiger partial charge is 0.387 e. The van der Waals surface area contributed by atoms with Crippen LogP contribution in [0.2, 0.25) is 0 Å². The van der Waals surface area contributed by atoms with Crippen LogP contribution in [0, 0.1) is 0 Å². The van der Waals surface area contributed by atoms with E-state index in [-0.39, 0.29) is 13.7 Å². The number of methoxy groups -OCH3 is 2. The zero-order valence-electron chi connectivity index (χ0n) is 7.84. The van der Waals surface area contributed by atoms with Crippen LogP contribution >= 0.6 is 0 Å². The van der Waals surface area contributed by atoms with Crippen molar-refractivity contribution in [3.8, 4) is 0 Å². The minimum absolute atomic E-state index is 0.0849. The highest BCUT2D eigenvalue weighted by Crippen LogP contribution is 2.21. The molecule has 1 unspecified atom stereocenters. The molecular formula is C7H14O5. The number of aliphatic hydroxyl groups excluding tert-OH is 2. The SMILES string of the molecule is [2H]COC[C@H]1OC(OC)[C@H](O)[C@@H]1O. The van der Waals surface area contributed by atoms with Crippen molar-refractivity contribution in [3.05, 3.63) is 0 Å². The third kappa shape index (κ3) is 1.75. The Morgan fingerprint density at radius 1 is 1.50 bits per heavy atom. The van der Waals surface area contributed by atoms with Gasteiger partial charge in [0.2, 0.25) is 0 Å². The first-order valence-corrected chi connectivity index (χ1v) is 3.62. The summed E-state index contributed by atoms with van der Waals surface area (Å²) in [5.41, 5.74) is 0. The van der Waals surface area contributed by atoms with E-state index in [1.807, 2.05) is 0 Å². The third-order valence-corrected chi connectivity index (χ3v) is 1.83. The predicted octanol–water partition coefficient (Wildman–Crippen LogP) is -1.27. The number of ether oxygens (including phenoxy) is 3. The lowest BCUT2D eigenvalue weighted by Crippen LogP contribution is -2.34. The zero-order valence-corrected chi connectivity index (χ0v) is 6.84. The van der Waals surface area contributed by atoms with Crippen molar-refractivity contribution in [1.82, 2.24) is 0 Å². The first-order valence-electron chi connectivity index (χ1n) is 4.32. The second kappa shape index (κ2) is 4.15. The number of aliphatic hydroxyl groups is 2. The first kappa shape index (κ1) is 8.40. The van der Waals surface area contributed by atoms with Gasteiger partial charge in [-0.3, -0.25) is 0 Å². The molecule has 0 aromatic rings. The number of rotatable bonds is 3. The van der Waals surface area contributed by atoms with E-state index in [9.17, 15) is 10.2 Å². The lowest BCUT2D eigenvalue weighted by molar-refractivity contribution is -0.154. The fourth-order valence-corrected chi connectivity index (χ4v) is 1.16. The van der Waals surface area contributed by atoms with Gasteiger partial charge in [0.15, 0.2) is 6.29 Å². The molecule has 12 heavy (non-hydrogen) atoms. The minimum Gasteiger partial charge on any atom is -0.387 e. The Hall–Kier alpha value is -0.200. The Morgan fingerprint density at radius 2 is 2.25 bits per heavy atom. The van der Waals surface area contributed by atoms with Crippen LogP contribution in [0.1, 0.15) is 1.37 Å². The van der Waals surface area contributed by atoms with Crippen molar-refractivity contribution >= 4 is 0 Å². The molecule has 0 bridgehead atoms. The average molecular weight is 179 g/mol. The molecular weight excluding hydrogens is 164 g/mol. The van der Waals surface area contributed by atoms with Gasteiger partial charge in [-0.1, -0.05) is 0 Å². The lowest BCUT2D eigenvalue weighted by atomic mass is 10.1. The normalized spacial score (nSPS) is 43.1. The van der Waals surface area contributed by atoms with Crippen molar-refractivity contribution in [2.75, 3.05) is 20.8 Å². The Bertz CT molecular complexity index is 156. The van der Waals surface area contributed by atoms with E-state index in [0.29, 0.717) is 0 Å². The van der Waals surface area contributed by atoms with Crippen LogP contribution in [-0.4, -0.2) is 55.6 Å². The summed E-state index contributed by atoms with van der Waals surface area (Å²) in [5.74, 6) is 0. The lowest BCUT2D eigenvalue weighted by Gasteiger charge is -2.11. The summed E-state index contributed by atoms with van der Waals surface area (Å²) < 4.78 is 21.3. The molecule has 0 spiro atoms. The van der Waals surface area contributed by atoms with Gasteiger partial charge >= 0.3 is 0 Å². The van der Waals surface area contributed by atoms with Gasteiger partial charge in [0.05, 0.1) is 7.98 Å². The Labute approximate surface area is 72.3 Å². The summed E-state index contributed by atoms with van der Waals surface area (Å²) in [7, 11) is 1.19. The molecule has 0 aliphatic carbocycles. The quantitative estimate of drug-likeness (QED) is 0.565. The molecule has 1 heterocycles. The molecule has 1 saturated heterocycles. The van der Waals surface area contributed by atoms with Gasteiger partial charge in [-0.2, -0.15) is 0 Å². The van der Waals surface area contributed by atoms with Gasteiger partial charge in [-0.15, -0.1) is 0 Å². The van der Waals surface area contributed by atoms with E-state index < -0.39 is 24.6 Å². The summed E-state index contributed by atoms with van der Waals surface area (Å²) in [5, 5.41) is 18.7. The minimum atomic E-state index is -1.05. The highest BCUT2D eigenvalue weighted by molar-refractivity contribution is 4.86. The summed E-state index contributed by atoms with van der Waals surface area (Å²) in [6.07, 6.45) is -3.50. The molecule has 0 amide bonds. The van der Waals surface area contributed by atoms with E-state index >= 15 is 0 Å². The van der Waals surface area contributed by atoms with Crippen molar-refractivity contribution in [1.29, 1.82) is 0 Å². The van der Waals surface area contributed by atoms with Crippen LogP contribution in [0.3, 0.4) is 0 Å².